The molecule has 0 aromatic heterocycles. The fraction of sp³-hybridized carbons (Fsp3) is 0.600. The zero-order valence-corrected chi connectivity index (χ0v) is 18.2. The molecular formula is C20H33N4O4S+. The van der Waals surface area contributed by atoms with Crippen LogP contribution in [-0.4, -0.2) is 64.3 Å². The number of anilines is 1. The van der Waals surface area contributed by atoms with E-state index in [1.165, 1.54) is 12.1 Å². The number of sulfonamides is 1. The fourth-order valence-corrected chi connectivity index (χ4v) is 4.80. The standard InChI is InChI=1S/C20H32N4O4S/c1-3-12-21-19(25)15-23(2)16-20(26)22-17-8-10-18(11-9-17)29(27,28)24-13-6-4-5-7-14-24/h8-11H,3-7,12-16H2,1-2H3,(H,21,25)(H,22,26)/p+1. The maximum atomic E-state index is 12.8. The Hall–Kier alpha value is -1.97. The number of likely N-dealkylation sites (N-methyl/N-ethyl adjacent to an activating group) is 1. The molecule has 0 spiro atoms. The summed E-state index contributed by atoms with van der Waals surface area (Å²) in [5.41, 5.74) is 0.535. The molecule has 1 aromatic rings. The minimum absolute atomic E-state index is 0.0831. The van der Waals surface area contributed by atoms with Gasteiger partial charge in [0.2, 0.25) is 10.0 Å². The predicted molar refractivity (Wildman–Crippen MR) is 112 cm³/mol. The van der Waals surface area contributed by atoms with Crippen LogP contribution >= 0.6 is 0 Å². The SMILES string of the molecule is CCCNC(=O)C[NH+](C)CC(=O)Nc1ccc(S(=O)(=O)N2CCCCCC2)cc1. The highest BCUT2D eigenvalue weighted by Gasteiger charge is 2.25. The number of carbonyl (C=O) groups is 2. The van der Waals surface area contributed by atoms with Crippen LogP contribution < -0.4 is 15.5 Å². The van der Waals surface area contributed by atoms with E-state index in [4.69, 9.17) is 0 Å². The van der Waals surface area contributed by atoms with Crippen molar-refractivity contribution in [1.82, 2.24) is 9.62 Å². The Kier molecular flexibility index (Phi) is 9.06. The molecule has 3 N–H and O–H groups in total. The van der Waals surface area contributed by atoms with Gasteiger partial charge in [0.05, 0.1) is 11.9 Å². The van der Waals surface area contributed by atoms with Crippen molar-refractivity contribution in [3.63, 3.8) is 0 Å². The quantitative estimate of drug-likeness (QED) is 0.527. The summed E-state index contributed by atoms with van der Waals surface area (Å²) in [7, 11) is -1.72. The molecule has 1 aromatic carbocycles. The van der Waals surface area contributed by atoms with E-state index in [0.29, 0.717) is 25.3 Å². The molecule has 1 fully saturated rings. The fourth-order valence-electron chi connectivity index (χ4n) is 3.28. The van der Waals surface area contributed by atoms with Crippen LogP contribution in [0.3, 0.4) is 0 Å². The highest BCUT2D eigenvalue weighted by molar-refractivity contribution is 7.89. The zero-order valence-electron chi connectivity index (χ0n) is 17.4. The second-order valence-corrected chi connectivity index (χ2v) is 9.49. The molecule has 9 heteroatoms. The number of amides is 2. The summed E-state index contributed by atoms with van der Waals surface area (Å²) in [4.78, 5) is 24.9. The van der Waals surface area contributed by atoms with Gasteiger partial charge in [-0.3, -0.25) is 9.59 Å². The number of hydrogen-bond acceptors (Lipinski definition) is 4. The van der Waals surface area contributed by atoms with Gasteiger partial charge in [0.1, 0.15) is 0 Å². The third kappa shape index (κ3) is 7.41. The molecule has 2 amide bonds. The van der Waals surface area contributed by atoms with Crippen molar-refractivity contribution >= 4 is 27.5 Å². The number of quaternary nitrogens is 1. The molecule has 1 atom stereocenters. The molecule has 0 radical (unpaired) electrons. The summed E-state index contributed by atoms with van der Waals surface area (Å²) in [5, 5.41) is 5.54. The number of nitrogens with one attached hydrogen (secondary N) is 3. The molecule has 0 bridgehead atoms. The Morgan fingerprint density at radius 3 is 2.17 bits per heavy atom. The van der Waals surface area contributed by atoms with E-state index in [2.05, 4.69) is 10.6 Å². The summed E-state index contributed by atoms with van der Waals surface area (Å²) in [5.74, 6) is -0.311. The number of rotatable bonds is 9. The van der Waals surface area contributed by atoms with Crippen molar-refractivity contribution in [1.29, 1.82) is 0 Å². The van der Waals surface area contributed by atoms with Crippen molar-refractivity contribution in [2.24, 2.45) is 0 Å². The van der Waals surface area contributed by atoms with E-state index in [0.717, 1.165) is 37.0 Å². The zero-order chi connectivity index (χ0) is 21.3. The van der Waals surface area contributed by atoms with E-state index in [1.54, 1.807) is 23.5 Å². The first-order valence-electron chi connectivity index (χ1n) is 10.3. The molecular weight excluding hydrogens is 392 g/mol. The molecule has 1 saturated heterocycles. The van der Waals surface area contributed by atoms with Crippen molar-refractivity contribution in [2.75, 3.05) is 45.1 Å². The summed E-state index contributed by atoms with van der Waals surface area (Å²) in [6, 6.07) is 6.27. The lowest BCUT2D eigenvalue weighted by Crippen LogP contribution is -3.11. The van der Waals surface area contributed by atoms with Crippen molar-refractivity contribution in [3.8, 4) is 0 Å². The highest BCUT2D eigenvalue weighted by Crippen LogP contribution is 2.21. The Morgan fingerprint density at radius 1 is 1.00 bits per heavy atom. The number of nitrogens with zero attached hydrogens (tertiary/aromatic N) is 1. The molecule has 1 heterocycles. The normalized spacial score (nSPS) is 16.6. The maximum absolute atomic E-state index is 12.8. The van der Waals surface area contributed by atoms with Crippen LogP contribution in [0.5, 0.6) is 0 Å². The lowest BCUT2D eigenvalue weighted by molar-refractivity contribution is -0.862. The number of benzene rings is 1. The van der Waals surface area contributed by atoms with E-state index in [-0.39, 0.29) is 29.8 Å². The van der Waals surface area contributed by atoms with Gasteiger partial charge in [-0.05, 0) is 43.5 Å². The molecule has 1 aliphatic rings. The molecule has 0 saturated carbocycles. The lowest BCUT2D eigenvalue weighted by Gasteiger charge is -2.20. The van der Waals surface area contributed by atoms with Gasteiger partial charge < -0.3 is 15.5 Å². The van der Waals surface area contributed by atoms with E-state index < -0.39 is 10.0 Å². The first kappa shape index (κ1) is 23.3. The summed E-state index contributed by atoms with van der Waals surface area (Å²) >= 11 is 0. The van der Waals surface area contributed by atoms with Crippen LogP contribution in [0.15, 0.2) is 29.2 Å². The summed E-state index contributed by atoms with van der Waals surface area (Å²) < 4.78 is 27.1. The van der Waals surface area contributed by atoms with E-state index in [9.17, 15) is 18.0 Å². The molecule has 1 unspecified atom stereocenters. The van der Waals surface area contributed by atoms with Crippen LogP contribution in [-0.2, 0) is 19.6 Å². The average Bonchev–Trinajstić information content (AvgIpc) is 2.96. The second kappa shape index (κ2) is 11.3. The molecule has 1 aliphatic heterocycles. The van der Waals surface area contributed by atoms with E-state index in [1.807, 2.05) is 6.92 Å². The molecule has 2 rings (SSSR count). The maximum Gasteiger partial charge on any atom is 0.279 e. The Labute approximate surface area is 173 Å². The van der Waals surface area contributed by atoms with Gasteiger partial charge in [0.25, 0.3) is 11.8 Å². The number of hydrogen-bond donors (Lipinski definition) is 3. The molecule has 162 valence electrons. The van der Waals surface area contributed by atoms with Gasteiger partial charge in [-0.25, -0.2) is 8.42 Å². The van der Waals surface area contributed by atoms with Crippen LogP contribution in [0, 0.1) is 0 Å². The first-order valence-corrected chi connectivity index (χ1v) is 11.7. The third-order valence-corrected chi connectivity index (χ3v) is 6.75. The van der Waals surface area contributed by atoms with Crippen LogP contribution in [0.25, 0.3) is 0 Å². The van der Waals surface area contributed by atoms with Crippen LogP contribution in [0.4, 0.5) is 5.69 Å². The van der Waals surface area contributed by atoms with Crippen molar-refractivity contribution < 1.29 is 22.9 Å². The van der Waals surface area contributed by atoms with Crippen LogP contribution in [0.1, 0.15) is 39.0 Å². The van der Waals surface area contributed by atoms with Gasteiger partial charge in [0.15, 0.2) is 13.1 Å². The summed E-state index contributed by atoms with van der Waals surface area (Å²) in [6.07, 6.45) is 4.77. The van der Waals surface area contributed by atoms with Gasteiger partial charge in [-0.2, -0.15) is 4.31 Å². The minimum Gasteiger partial charge on any atom is -0.351 e. The molecule has 8 nitrogen and oxygen atoms in total. The van der Waals surface area contributed by atoms with Crippen LogP contribution in [0.2, 0.25) is 0 Å². The van der Waals surface area contributed by atoms with Gasteiger partial charge in [-0.1, -0.05) is 19.8 Å². The topological polar surface area (TPSA) is 100 Å². The Bertz CT molecular complexity index is 772. The predicted octanol–water partition coefficient (Wildman–Crippen LogP) is 0.231. The Balaban J connectivity index is 1.89. The second-order valence-electron chi connectivity index (χ2n) is 7.55. The minimum atomic E-state index is -3.50. The van der Waals surface area contributed by atoms with E-state index >= 15 is 0 Å². The monoisotopic (exact) mass is 425 g/mol. The van der Waals surface area contributed by atoms with Crippen molar-refractivity contribution in [2.45, 2.75) is 43.9 Å². The van der Waals surface area contributed by atoms with Gasteiger partial charge in [0, 0.05) is 25.3 Å². The molecule has 29 heavy (non-hydrogen) atoms. The largest absolute Gasteiger partial charge is 0.351 e. The lowest BCUT2D eigenvalue weighted by atomic mass is 10.2. The first-order chi connectivity index (χ1) is 13.8. The summed E-state index contributed by atoms with van der Waals surface area (Å²) in [6.45, 7) is 4.09. The smallest absolute Gasteiger partial charge is 0.279 e. The Morgan fingerprint density at radius 2 is 1.59 bits per heavy atom. The van der Waals surface area contributed by atoms with Crippen molar-refractivity contribution in [3.05, 3.63) is 24.3 Å². The number of carbonyl (C=O) groups excluding carboxylic acids is 2. The highest BCUT2D eigenvalue weighted by atomic mass is 32.2. The van der Waals surface area contributed by atoms with Gasteiger partial charge in [-0.15, -0.1) is 0 Å². The van der Waals surface area contributed by atoms with Gasteiger partial charge >= 0.3 is 0 Å². The molecule has 0 aliphatic carbocycles. The average molecular weight is 426 g/mol. The third-order valence-electron chi connectivity index (χ3n) is 4.84.